The number of rotatable bonds is 3. The van der Waals surface area contributed by atoms with Crippen LogP contribution in [0.1, 0.15) is 13.3 Å². The third-order valence-corrected chi connectivity index (χ3v) is 3.04. The summed E-state index contributed by atoms with van der Waals surface area (Å²) >= 11 is 0. The van der Waals surface area contributed by atoms with E-state index in [-0.39, 0.29) is 25.5 Å². The van der Waals surface area contributed by atoms with E-state index in [1.165, 1.54) is 23.1 Å². The van der Waals surface area contributed by atoms with Gasteiger partial charge in [0.15, 0.2) is 0 Å². The highest BCUT2D eigenvalue weighted by molar-refractivity contribution is 6.32. The Kier molecular flexibility index (Phi) is 4.52. The molecular weight excluding hydrogens is 279 g/mol. The molecule has 1 fully saturated rings. The summed E-state index contributed by atoms with van der Waals surface area (Å²) in [6.45, 7) is 1.88. The van der Waals surface area contributed by atoms with Gasteiger partial charge in [-0.2, -0.15) is 0 Å². The van der Waals surface area contributed by atoms with Crippen LogP contribution in [0.3, 0.4) is 0 Å². The van der Waals surface area contributed by atoms with Gasteiger partial charge in [-0.1, -0.05) is 6.07 Å². The number of halogens is 1. The summed E-state index contributed by atoms with van der Waals surface area (Å²) in [6, 6.07) is 5.13. The number of ether oxygens (including phenoxy) is 1. The molecule has 0 aromatic heterocycles. The molecule has 1 N–H and O–H groups in total. The predicted molar refractivity (Wildman–Crippen MR) is 71.9 cm³/mol. The van der Waals surface area contributed by atoms with Crippen LogP contribution >= 0.6 is 0 Å². The van der Waals surface area contributed by atoms with Gasteiger partial charge in [0.25, 0.3) is 0 Å². The van der Waals surface area contributed by atoms with Gasteiger partial charge in [0.2, 0.25) is 5.91 Å². The number of anilines is 1. The fraction of sp³-hybridized carbons (Fsp3) is 0.357. The van der Waals surface area contributed by atoms with Crippen molar-refractivity contribution in [1.82, 2.24) is 5.32 Å². The van der Waals surface area contributed by atoms with Gasteiger partial charge in [0.1, 0.15) is 5.82 Å². The number of hydrogen-bond acceptors (Lipinski definition) is 4. The van der Waals surface area contributed by atoms with Crippen molar-refractivity contribution in [3.63, 3.8) is 0 Å². The minimum Gasteiger partial charge on any atom is -0.459 e. The first-order valence-electron chi connectivity index (χ1n) is 6.54. The van der Waals surface area contributed by atoms with E-state index in [4.69, 9.17) is 0 Å². The standard InChI is InChI=1S/C14H15FN2O4/c1-2-21-14(20)13(19)16-10-7-12(18)17(8-10)11-5-3-4-9(15)6-11/h3-6,10H,2,7-8H2,1H3,(H,16,19)/t10-/m1/s1. The van der Waals surface area contributed by atoms with Crippen molar-refractivity contribution in [2.45, 2.75) is 19.4 Å². The van der Waals surface area contributed by atoms with Crippen molar-refractivity contribution in [3.05, 3.63) is 30.1 Å². The zero-order valence-electron chi connectivity index (χ0n) is 11.5. The molecule has 0 saturated carbocycles. The zero-order chi connectivity index (χ0) is 15.4. The average molecular weight is 294 g/mol. The molecule has 7 heteroatoms. The lowest BCUT2D eigenvalue weighted by Gasteiger charge is -2.17. The van der Waals surface area contributed by atoms with Crippen LogP contribution in [0.2, 0.25) is 0 Å². The van der Waals surface area contributed by atoms with Crippen LogP contribution in [-0.2, 0) is 19.1 Å². The minimum absolute atomic E-state index is 0.0572. The lowest BCUT2D eigenvalue weighted by atomic mass is 10.2. The van der Waals surface area contributed by atoms with Crippen LogP contribution in [-0.4, -0.2) is 37.0 Å². The molecule has 6 nitrogen and oxygen atoms in total. The summed E-state index contributed by atoms with van der Waals surface area (Å²) in [4.78, 5) is 36.0. The topological polar surface area (TPSA) is 75.7 Å². The van der Waals surface area contributed by atoms with Gasteiger partial charge in [-0.15, -0.1) is 0 Å². The normalized spacial score (nSPS) is 17.7. The minimum atomic E-state index is -0.978. The van der Waals surface area contributed by atoms with Gasteiger partial charge < -0.3 is 15.0 Å². The Morgan fingerprint density at radius 3 is 2.90 bits per heavy atom. The number of carbonyl (C=O) groups is 3. The average Bonchev–Trinajstić information content (AvgIpc) is 2.79. The van der Waals surface area contributed by atoms with Crippen LogP contribution < -0.4 is 10.2 Å². The quantitative estimate of drug-likeness (QED) is 0.654. The largest absolute Gasteiger partial charge is 0.459 e. The van der Waals surface area contributed by atoms with Gasteiger partial charge in [0.05, 0.1) is 12.6 Å². The van der Waals surface area contributed by atoms with Crippen molar-refractivity contribution in [3.8, 4) is 0 Å². The predicted octanol–water partition coefficient (Wildman–Crippen LogP) is 0.610. The Morgan fingerprint density at radius 2 is 2.24 bits per heavy atom. The molecule has 1 atom stereocenters. The molecule has 0 unspecified atom stereocenters. The van der Waals surface area contributed by atoms with E-state index in [1.807, 2.05) is 0 Å². The Balaban J connectivity index is 2.00. The first-order chi connectivity index (χ1) is 10.0. The van der Waals surface area contributed by atoms with Crippen LogP contribution in [0.15, 0.2) is 24.3 Å². The molecule has 2 rings (SSSR count). The summed E-state index contributed by atoms with van der Waals surface area (Å²) in [5.41, 5.74) is 0.424. The molecule has 0 spiro atoms. The van der Waals surface area contributed by atoms with E-state index in [0.717, 1.165) is 0 Å². The second kappa shape index (κ2) is 6.34. The number of carbonyl (C=O) groups excluding carboxylic acids is 3. The molecule has 1 aromatic rings. The van der Waals surface area contributed by atoms with E-state index < -0.39 is 23.7 Å². The molecule has 1 saturated heterocycles. The Labute approximate surface area is 120 Å². The Morgan fingerprint density at radius 1 is 1.48 bits per heavy atom. The fourth-order valence-corrected chi connectivity index (χ4v) is 2.14. The molecule has 1 aliphatic rings. The molecule has 1 aliphatic heterocycles. The highest BCUT2D eigenvalue weighted by atomic mass is 19.1. The number of amides is 2. The molecule has 21 heavy (non-hydrogen) atoms. The summed E-state index contributed by atoms with van der Waals surface area (Å²) in [7, 11) is 0. The van der Waals surface area contributed by atoms with Crippen molar-refractivity contribution >= 4 is 23.5 Å². The number of nitrogens with zero attached hydrogens (tertiary/aromatic N) is 1. The maximum Gasteiger partial charge on any atom is 0.396 e. The van der Waals surface area contributed by atoms with Crippen LogP contribution in [0.5, 0.6) is 0 Å². The van der Waals surface area contributed by atoms with Crippen molar-refractivity contribution < 1.29 is 23.5 Å². The van der Waals surface area contributed by atoms with Gasteiger partial charge in [-0.25, -0.2) is 9.18 Å². The SMILES string of the molecule is CCOC(=O)C(=O)N[C@@H]1CC(=O)N(c2cccc(F)c2)C1. The lowest BCUT2D eigenvalue weighted by molar-refractivity contribution is -0.154. The van der Waals surface area contributed by atoms with Crippen molar-refractivity contribution in [2.75, 3.05) is 18.1 Å². The molecule has 1 heterocycles. The number of hydrogen-bond donors (Lipinski definition) is 1. The van der Waals surface area contributed by atoms with Gasteiger partial charge >= 0.3 is 11.9 Å². The van der Waals surface area contributed by atoms with E-state index >= 15 is 0 Å². The number of esters is 1. The number of benzene rings is 1. The van der Waals surface area contributed by atoms with Crippen molar-refractivity contribution in [2.24, 2.45) is 0 Å². The second-order valence-electron chi connectivity index (χ2n) is 4.58. The molecule has 112 valence electrons. The number of nitrogens with one attached hydrogen (secondary N) is 1. The maximum absolute atomic E-state index is 13.2. The smallest absolute Gasteiger partial charge is 0.396 e. The Bertz CT molecular complexity index is 576. The Hall–Kier alpha value is -2.44. The molecule has 0 aliphatic carbocycles. The van der Waals surface area contributed by atoms with Crippen molar-refractivity contribution in [1.29, 1.82) is 0 Å². The first kappa shape index (κ1) is 15.0. The van der Waals surface area contributed by atoms with Crippen LogP contribution in [0.25, 0.3) is 0 Å². The van der Waals surface area contributed by atoms with Gasteiger partial charge in [-0.05, 0) is 25.1 Å². The summed E-state index contributed by atoms with van der Waals surface area (Å²) in [5.74, 6) is -2.54. The zero-order valence-corrected chi connectivity index (χ0v) is 11.5. The maximum atomic E-state index is 13.2. The molecule has 0 bridgehead atoms. The highest BCUT2D eigenvalue weighted by Crippen LogP contribution is 2.22. The van der Waals surface area contributed by atoms with E-state index in [0.29, 0.717) is 5.69 Å². The molecular formula is C14H15FN2O4. The molecule has 0 radical (unpaired) electrons. The monoisotopic (exact) mass is 294 g/mol. The van der Waals surface area contributed by atoms with E-state index in [1.54, 1.807) is 13.0 Å². The van der Waals surface area contributed by atoms with Crippen LogP contribution in [0, 0.1) is 5.82 Å². The third kappa shape index (κ3) is 3.56. The first-order valence-corrected chi connectivity index (χ1v) is 6.54. The molecule has 1 aromatic carbocycles. The van der Waals surface area contributed by atoms with E-state index in [9.17, 15) is 18.8 Å². The van der Waals surface area contributed by atoms with Gasteiger partial charge in [0, 0.05) is 18.7 Å². The van der Waals surface area contributed by atoms with Crippen LogP contribution in [0.4, 0.5) is 10.1 Å². The third-order valence-electron chi connectivity index (χ3n) is 3.04. The lowest BCUT2D eigenvalue weighted by Crippen LogP contribution is -2.41. The fourth-order valence-electron chi connectivity index (χ4n) is 2.14. The summed E-state index contributed by atoms with van der Waals surface area (Å²) < 4.78 is 17.7. The highest BCUT2D eigenvalue weighted by Gasteiger charge is 2.33. The molecule has 2 amide bonds. The summed E-state index contributed by atoms with van der Waals surface area (Å²) in [5, 5.41) is 2.44. The summed E-state index contributed by atoms with van der Waals surface area (Å²) in [6.07, 6.45) is 0.0572. The van der Waals surface area contributed by atoms with E-state index in [2.05, 4.69) is 10.1 Å². The van der Waals surface area contributed by atoms with Gasteiger partial charge in [-0.3, -0.25) is 9.59 Å². The second-order valence-corrected chi connectivity index (χ2v) is 4.58.